The van der Waals surface area contributed by atoms with Crippen molar-refractivity contribution in [2.24, 2.45) is 0 Å². The molecule has 0 amide bonds. The smallest absolute Gasteiger partial charge is 0.243 e. The minimum absolute atomic E-state index is 0.339. The predicted molar refractivity (Wildman–Crippen MR) is 105 cm³/mol. The molecule has 1 N–H and O–H groups in total. The first-order chi connectivity index (χ1) is 12.5. The van der Waals surface area contributed by atoms with Gasteiger partial charge in [0, 0.05) is 31.7 Å². The van der Waals surface area contributed by atoms with Crippen molar-refractivity contribution in [2.75, 3.05) is 19.7 Å². The van der Waals surface area contributed by atoms with Gasteiger partial charge in [0.2, 0.25) is 10.0 Å². The Hall–Kier alpha value is -1.89. The minimum Gasteiger partial charge on any atom is -0.494 e. The van der Waals surface area contributed by atoms with Crippen LogP contribution < -0.4 is 10.1 Å². The maximum absolute atomic E-state index is 12.5. The first-order valence-electron chi connectivity index (χ1n) is 9.03. The first-order valence-corrected chi connectivity index (χ1v) is 10.5. The van der Waals surface area contributed by atoms with Crippen molar-refractivity contribution in [2.45, 2.75) is 38.8 Å². The Labute approximate surface area is 157 Å². The summed E-state index contributed by atoms with van der Waals surface area (Å²) in [5, 5.41) is 3.38. The van der Waals surface area contributed by atoms with Crippen LogP contribution in [0.3, 0.4) is 0 Å². The number of benzene rings is 2. The summed E-state index contributed by atoms with van der Waals surface area (Å²) in [5.41, 5.74) is 2.15. The van der Waals surface area contributed by atoms with Crippen molar-refractivity contribution in [3.8, 4) is 5.75 Å². The van der Waals surface area contributed by atoms with Gasteiger partial charge in [-0.1, -0.05) is 44.2 Å². The van der Waals surface area contributed by atoms with Gasteiger partial charge in [-0.2, -0.15) is 4.31 Å². The van der Waals surface area contributed by atoms with Gasteiger partial charge in [0.1, 0.15) is 5.75 Å². The fourth-order valence-electron chi connectivity index (χ4n) is 2.78. The van der Waals surface area contributed by atoms with Crippen LogP contribution in [0, 0.1) is 0 Å². The summed E-state index contributed by atoms with van der Waals surface area (Å²) in [6, 6.07) is 15.0. The van der Waals surface area contributed by atoms with Crippen LogP contribution in [0.5, 0.6) is 5.75 Å². The number of ether oxygens (including phenoxy) is 1. The molecule has 2 rings (SSSR count). The fourth-order valence-corrected chi connectivity index (χ4v) is 4.24. The molecule has 0 aliphatic rings. The van der Waals surface area contributed by atoms with E-state index in [1.807, 2.05) is 57.2 Å². The molecule has 26 heavy (non-hydrogen) atoms. The van der Waals surface area contributed by atoms with E-state index in [4.69, 9.17) is 4.74 Å². The molecule has 0 saturated carbocycles. The molecule has 0 bridgehead atoms. The molecule has 5 nitrogen and oxygen atoms in total. The Morgan fingerprint density at radius 1 is 0.923 bits per heavy atom. The van der Waals surface area contributed by atoms with Crippen LogP contribution in [0.25, 0.3) is 0 Å². The zero-order valence-corrected chi connectivity index (χ0v) is 16.6. The zero-order chi connectivity index (χ0) is 19.0. The quantitative estimate of drug-likeness (QED) is 0.690. The Morgan fingerprint density at radius 2 is 1.58 bits per heavy atom. The summed E-state index contributed by atoms with van der Waals surface area (Å²) in [4.78, 5) is 0.339. The van der Waals surface area contributed by atoms with E-state index < -0.39 is 10.0 Å². The highest BCUT2D eigenvalue weighted by Crippen LogP contribution is 2.18. The highest BCUT2D eigenvalue weighted by atomic mass is 32.2. The Balaban J connectivity index is 1.98. The van der Waals surface area contributed by atoms with E-state index in [2.05, 4.69) is 5.32 Å². The average molecular weight is 377 g/mol. The predicted octanol–water partition coefficient (Wildman–Crippen LogP) is 3.41. The van der Waals surface area contributed by atoms with Crippen LogP contribution in [0.15, 0.2) is 53.4 Å². The van der Waals surface area contributed by atoms with Gasteiger partial charge in [-0.05, 0) is 30.7 Å². The second kappa shape index (κ2) is 9.71. The molecule has 0 atom stereocenters. The third kappa shape index (κ3) is 5.06. The molecule has 0 heterocycles. The van der Waals surface area contributed by atoms with Crippen molar-refractivity contribution in [1.82, 2.24) is 9.62 Å². The van der Waals surface area contributed by atoms with Crippen LogP contribution in [-0.4, -0.2) is 32.4 Å². The van der Waals surface area contributed by atoms with Crippen molar-refractivity contribution >= 4 is 10.0 Å². The second-order valence-electron chi connectivity index (χ2n) is 5.88. The molecule has 0 saturated heterocycles. The molecular formula is C20H28N2O3S. The van der Waals surface area contributed by atoms with Crippen LogP contribution in [0.2, 0.25) is 0 Å². The first kappa shape index (κ1) is 20.4. The molecule has 0 aliphatic carbocycles. The lowest BCUT2D eigenvalue weighted by atomic mass is 10.2. The number of rotatable bonds is 10. The molecule has 142 valence electrons. The Morgan fingerprint density at radius 3 is 2.19 bits per heavy atom. The SMILES string of the molecule is CCOc1ccccc1CNCc1ccc(S(=O)(=O)N(CC)CC)cc1. The highest BCUT2D eigenvalue weighted by molar-refractivity contribution is 7.89. The standard InChI is InChI=1S/C20H28N2O3S/c1-4-22(5-2)26(23,24)19-13-11-17(12-14-19)15-21-16-18-9-7-8-10-20(18)25-6-3/h7-14,21H,4-6,15-16H2,1-3H3. The van der Waals surface area contributed by atoms with Gasteiger partial charge >= 0.3 is 0 Å². The Bertz CT molecular complexity index is 785. The number of nitrogens with zero attached hydrogens (tertiary/aromatic N) is 1. The number of sulfonamides is 1. The van der Waals surface area contributed by atoms with Crippen LogP contribution in [0.4, 0.5) is 0 Å². The molecule has 0 aromatic heterocycles. The minimum atomic E-state index is -3.40. The van der Waals surface area contributed by atoms with E-state index in [1.165, 1.54) is 4.31 Å². The van der Waals surface area contributed by atoms with Gasteiger partial charge < -0.3 is 10.1 Å². The van der Waals surface area contributed by atoms with E-state index >= 15 is 0 Å². The van der Waals surface area contributed by atoms with Crippen molar-refractivity contribution in [3.05, 3.63) is 59.7 Å². The molecule has 0 unspecified atom stereocenters. The van der Waals surface area contributed by atoms with E-state index in [1.54, 1.807) is 12.1 Å². The van der Waals surface area contributed by atoms with Gasteiger partial charge in [0.05, 0.1) is 11.5 Å². The summed E-state index contributed by atoms with van der Waals surface area (Å²) in [6.45, 7) is 8.60. The molecule has 0 radical (unpaired) electrons. The summed E-state index contributed by atoms with van der Waals surface area (Å²) in [7, 11) is -3.40. The maximum Gasteiger partial charge on any atom is 0.243 e. The number of para-hydroxylation sites is 1. The molecule has 0 spiro atoms. The molecular weight excluding hydrogens is 348 g/mol. The topological polar surface area (TPSA) is 58.6 Å². The van der Waals surface area contributed by atoms with Crippen LogP contribution >= 0.6 is 0 Å². The van der Waals surface area contributed by atoms with Gasteiger partial charge in [-0.15, -0.1) is 0 Å². The lowest BCUT2D eigenvalue weighted by Crippen LogP contribution is -2.30. The third-order valence-corrected chi connectivity index (χ3v) is 6.25. The molecule has 2 aromatic carbocycles. The van der Waals surface area contributed by atoms with E-state index in [9.17, 15) is 8.42 Å². The molecule has 6 heteroatoms. The van der Waals surface area contributed by atoms with E-state index in [0.717, 1.165) is 16.9 Å². The third-order valence-electron chi connectivity index (χ3n) is 4.18. The second-order valence-corrected chi connectivity index (χ2v) is 7.82. The zero-order valence-electron chi connectivity index (χ0n) is 15.7. The molecule has 0 fully saturated rings. The molecule has 2 aromatic rings. The number of hydrogen-bond acceptors (Lipinski definition) is 4. The van der Waals surface area contributed by atoms with Gasteiger partial charge in [-0.25, -0.2) is 8.42 Å². The Kier molecular flexibility index (Phi) is 7.63. The normalized spacial score (nSPS) is 11.7. The van der Waals surface area contributed by atoms with Crippen molar-refractivity contribution < 1.29 is 13.2 Å². The summed E-state index contributed by atoms with van der Waals surface area (Å²) < 4.78 is 32.1. The maximum atomic E-state index is 12.5. The number of hydrogen-bond donors (Lipinski definition) is 1. The van der Waals surface area contributed by atoms with Crippen LogP contribution in [-0.2, 0) is 23.1 Å². The largest absolute Gasteiger partial charge is 0.494 e. The van der Waals surface area contributed by atoms with Gasteiger partial charge in [-0.3, -0.25) is 0 Å². The monoisotopic (exact) mass is 376 g/mol. The lowest BCUT2D eigenvalue weighted by molar-refractivity contribution is 0.335. The summed E-state index contributed by atoms with van der Waals surface area (Å²) >= 11 is 0. The lowest BCUT2D eigenvalue weighted by Gasteiger charge is -2.18. The van der Waals surface area contributed by atoms with Crippen molar-refractivity contribution in [3.63, 3.8) is 0 Å². The van der Waals surface area contributed by atoms with Gasteiger partial charge in [0.15, 0.2) is 0 Å². The highest BCUT2D eigenvalue weighted by Gasteiger charge is 2.21. The fraction of sp³-hybridized carbons (Fsp3) is 0.400. The molecule has 0 aliphatic heterocycles. The van der Waals surface area contributed by atoms with E-state index in [-0.39, 0.29) is 0 Å². The van der Waals surface area contributed by atoms with Gasteiger partial charge in [0.25, 0.3) is 0 Å². The average Bonchev–Trinajstić information content (AvgIpc) is 2.64. The van der Waals surface area contributed by atoms with Crippen LogP contribution in [0.1, 0.15) is 31.9 Å². The summed E-state index contributed by atoms with van der Waals surface area (Å²) in [5.74, 6) is 0.892. The van der Waals surface area contributed by atoms with E-state index in [0.29, 0.717) is 37.7 Å². The van der Waals surface area contributed by atoms with Crippen molar-refractivity contribution in [1.29, 1.82) is 0 Å². The summed E-state index contributed by atoms with van der Waals surface area (Å²) in [6.07, 6.45) is 0. The number of nitrogens with one attached hydrogen (secondary N) is 1.